The van der Waals surface area contributed by atoms with Gasteiger partial charge in [0.25, 0.3) is 0 Å². The number of hydrogen-bond acceptors (Lipinski definition) is 21. The molecule has 660 valence electrons. The number of phenolic OH excluding ortho intramolecular Hbond substituents is 1. The highest BCUT2D eigenvalue weighted by Crippen LogP contribution is 2.32. The zero-order chi connectivity index (χ0) is 92.3. The maximum absolute atomic E-state index is 14.5. The lowest BCUT2D eigenvalue weighted by molar-refractivity contribution is -0.151. The van der Waals surface area contributed by atoms with E-state index in [1.165, 1.54) is 30.3 Å². The molecule has 0 bridgehead atoms. The summed E-state index contributed by atoms with van der Waals surface area (Å²) >= 11 is 0. The minimum absolute atomic E-state index is 0.0182. The summed E-state index contributed by atoms with van der Waals surface area (Å²) in [7, 11) is 0. The van der Waals surface area contributed by atoms with Crippen molar-refractivity contribution in [1.29, 1.82) is 0 Å². The topological polar surface area (TPSA) is 433 Å². The predicted molar refractivity (Wildman–Crippen MR) is 358 cm³/mol. The van der Waals surface area contributed by atoms with E-state index in [9.17, 15) is 155 Å². The van der Waals surface area contributed by atoms with Crippen LogP contribution in [0.5, 0.6) is 28.7 Å². The van der Waals surface area contributed by atoms with Crippen LogP contribution in [-0.4, -0.2) is 193 Å². The molecule has 51 heteroatoms. The summed E-state index contributed by atoms with van der Waals surface area (Å²) in [5.41, 5.74) is 0.835. The Bertz CT molecular complexity index is 4880. The third-order valence-corrected chi connectivity index (χ3v) is 15.1. The molecule has 123 heavy (non-hydrogen) atoms. The van der Waals surface area contributed by atoms with Crippen molar-refractivity contribution in [3.05, 3.63) is 218 Å². The second-order valence-corrected chi connectivity index (χ2v) is 24.0. The van der Waals surface area contributed by atoms with E-state index < -0.39 is 325 Å². The number of alkyl carbamates (subject to hydrolysis) is 2. The van der Waals surface area contributed by atoms with Crippen LogP contribution in [0.4, 0.5) is 97.4 Å². The van der Waals surface area contributed by atoms with Crippen LogP contribution in [0.25, 0.3) is 0 Å². The molecule has 0 heterocycles. The van der Waals surface area contributed by atoms with Crippen molar-refractivity contribution < 1.29 is 209 Å². The zero-order valence-corrected chi connectivity index (χ0v) is 61.0. The molecule has 31 nitrogen and oxygen atoms in total. The number of carbonyl (C=O) groups excluding carboxylic acids is 10. The Labute approximate surface area is 671 Å². The van der Waals surface area contributed by atoms with Crippen LogP contribution in [0.3, 0.4) is 0 Å². The molecule has 0 saturated heterocycles. The first kappa shape index (κ1) is 98.7. The molecule has 6 amide bonds. The minimum Gasteiger partial charge on any atom is -0.503 e. The summed E-state index contributed by atoms with van der Waals surface area (Å²) in [6.45, 7) is -12.3. The number of carboxylic acid groups (broad SMARTS) is 4. The van der Waals surface area contributed by atoms with Gasteiger partial charge in [0.1, 0.15) is 77.7 Å². The van der Waals surface area contributed by atoms with E-state index >= 15 is 0 Å². The number of aromatic hydroxyl groups is 1. The van der Waals surface area contributed by atoms with Crippen molar-refractivity contribution in [2.24, 2.45) is 0 Å². The van der Waals surface area contributed by atoms with Gasteiger partial charge in [-0.15, -0.1) is 0 Å². The van der Waals surface area contributed by atoms with E-state index in [-0.39, 0.29) is 52.3 Å². The van der Waals surface area contributed by atoms with E-state index in [2.05, 4.69) is 24.3 Å². The SMILES string of the molecule is O=C(CN(CC(=O)Oc1c(F)c(F)cc(F)c1F)C(=O)CCC(NC(=O)OCc1ccccc1)C(=O)N(CC(=O)Oc1c(F)c(F)cc(F)c1F)CC(=O)Oc1c(F)c(F)cc(F)c1F)Oc1c(F)c(F)cc(F)c1F.O=C(O)CN(CC(=O)O)C(=O)CCC(NC(=O)OCc1ccccc1)C(=O)N(CC(=O)O)CC(=O)O.Oc1c(F)c(F)cc(F)c1F. The summed E-state index contributed by atoms with van der Waals surface area (Å²) in [6.07, 6.45) is -6.78. The van der Waals surface area contributed by atoms with Crippen molar-refractivity contribution in [3.63, 3.8) is 0 Å². The Morgan fingerprint density at radius 3 is 0.756 bits per heavy atom. The molecule has 0 aromatic heterocycles. The number of carbonyl (C=O) groups is 14. The number of esters is 4. The number of hydrogen-bond donors (Lipinski definition) is 7. The lowest BCUT2D eigenvalue weighted by atomic mass is 10.1. The number of benzene rings is 7. The number of phenols is 1. The molecule has 0 aliphatic carbocycles. The lowest BCUT2D eigenvalue weighted by Gasteiger charge is -2.27. The van der Waals surface area contributed by atoms with Gasteiger partial charge in [-0.05, 0) is 24.0 Å². The van der Waals surface area contributed by atoms with E-state index in [0.29, 0.717) is 15.4 Å². The van der Waals surface area contributed by atoms with E-state index in [4.69, 9.17) is 35.0 Å². The molecule has 0 spiro atoms. The Morgan fingerprint density at radius 2 is 0.512 bits per heavy atom. The molecule has 0 aliphatic rings. The molecule has 0 fully saturated rings. The fourth-order valence-electron chi connectivity index (χ4n) is 9.49. The number of nitrogens with one attached hydrogen (secondary N) is 2. The number of carboxylic acids is 4. The van der Waals surface area contributed by atoms with Gasteiger partial charge in [-0.25, -0.2) is 72.7 Å². The van der Waals surface area contributed by atoms with E-state index in [1.807, 2.05) is 5.32 Å². The smallest absolute Gasteiger partial charge is 0.408 e. The van der Waals surface area contributed by atoms with Crippen molar-refractivity contribution >= 4 is 83.6 Å². The maximum atomic E-state index is 14.5. The third kappa shape index (κ3) is 29.3. The van der Waals surface area contributed by atoms with Gasteiger partial charge in [-0.3, -0.25) is 38.4 Å². The lowest BCUT2D eigenvalue weighted by Crippen LogP contribution is -2.52. The highest BCUT2D eigenvalue weighted by Gasteiger charge is 2.37. The van der Waals surface area contributed by atoms with Crippen molar-refractivity contribution in [3.8, 4) is 28.7 Å². The van der Waals surface area contributed by atoms with Gasteiger partial charge in [0.05, 0.1) is 0 Å². The van der Waals surface area contributed by atoms with Crippen LogP contribution < -0.4 is 29.6 Å². The van der Waals surface area contributed by atoms with Crippen LogP contribution in [0.1, 0.15) is 36.8 Å². The van der Waals surface area contributed by atoms with E-state index in [1.54, 1.807) is 30.3 Å². The molecule has 0 aliphatic heterocycles. The van der Waals surface area contributed by atoms with Gasteiger partial charge in [0, 0.05) is 43.2 Å². The van der Waals surface area contributed by atoms with Crippen molar-refractivity contribution in [2.75, 3.05) is 52.4 Å². The number of nitrogens with zero attached hydrogens (tertiary/aromatic N) is 4. The third-order valence-electron chi connectivity index (χ3n) is 15.1. The summed E-state index contributed by atoms with van der Waals surface area (Å²) < 4.78 is 303. The average Bonchev–Trinajstić information content (AvgIpc) is 0.823. The van der Waals surface area contributed by atoms with E-state index in [0.717, 1.165) is 0 Å². The number of ether oxygens (including phenoxy) is 6. The highest BCUT2D eigenvalue weighted by molar-refractivity contribution is 5.94. The first-order chi connectivity index (χ1) is 57.6. The predicted octanol–water partition coefficient (Wildman–Crippen LogP) is 8.37. The first-order valence-electron chi connectivity index (χ1n) is 33.2. The Hall–Kier alpha value is -14.9. The molecule has 7 N–H and O–H groups in total. The summed E-state index contributed by atoms with van der Waals surface area (Å²) in [5.74, 6) is -73.7. The number of amides is 6. The Morgan fingerprint density at radius 1 is 0.301 bits per heavy atom. The average molecular weight is 1780 g/mol. The molecule has 2 atom stereocenters. The van der Waals surface area contributed by atoms with Gasteiger partial charge in [-0.1, -0.05) is 60.7 Å². The minimum atomic E-state index is -2.54. The normalized spacial score (nSPS) is 11.1. The molecule has 7 rings (SSSR count). The standard InChI is InChI=1S/C45H25F16N3O12.C21H25N3O12.C6H2F4O/c46-18-8-19(47)33(55)40(32(18)54)73-28(66)12-63(13-29(67)74-41-34(56)20(48)9-21(49)35(41)57)27(65)7-6-26(62-45(71)72-16-17-4-2-1-3-5-17)44(70)64(14-30(68)75-42-36(58)22(50)10-23(51)37(42)59)15-31(69)76-43-38(60)24(52)11-25(53)39(43)61;25-15(23(8-16(26)27)9-17(28)29)7-6-14(20(34)24(10-18(30)31)11-19(32)33)22-21(35)36-12-13-4-2-1-3-5-13;7-2-1-3(8)5(10)6(11)4(2)9/h1-5,8-11,26H,6-7,12-16H2,(H,62,71);1-5,14H,6-12H2,(H,22,35)(H,26,27)(H,28,29)(H,30,31)(H,32,33);1,11H. The number of rotatable bonds is 34. The summed E-state index contributed by atoms with van der Waals surface area (Å²) in [5, 5.41) is 48.1. The molecule has 0 radical (unpaired) electrons. The maximum Gasteiger partial charge on any atom is 0.408 e. The second-order valence-electron chi connectivity index (χ2n) is 24.0. The van der Waals surface area contributed by atoms with Crippen LogP contribution in [0.15, 0.2) is 91.0 Å². The van der Waals surface area contributed by atoms with Gasteiger partial charge < -0.3 is 84.2 Å². The van der Waals surface area contributed by atoms with Crippen molar-refractivity contribution in [1.82, 2.24) is 30.2 Å². The first-order valence-corrected chi connectivity index (χ1v) is 33.2. The van der Waals surface area contributed by atoms with Crippen molar-refractivity contribution in [2.45, 2.75) is 51.0 Å². The summed E-state index contributed by atoms with van der Waals surface area (Å²) in [4.78, 5) is 175. The molecule has 0 saturated carbocycles. The molecule has 2 unspecified atom stereocenters. The monoisotopic (exact) mass is 1780 g/mol. The van der Waals surface area contributed by atoms with Crippen LogP contribution in [-0.2, 0) is 80.2 Å². The van der Waals surface area contributed by atoms with Crippen LogP contribution in [0, 0.1) is 116 Å². The number of halogens is 20. The second kappa shape index (κ2) is 45.3. The van der Waals surface area contributed by atoms with Crippen LogP contribution in [0.2, 0.25) is 0 Å². The van der Waals surface area contributed by atoms with Gasteiger partial charge >= 0.3 is 59.9 Å². The Kier molecular flexibility index (Phi) is 36.4. The molecular weight excluding hydrogens is 1730 g/mol. The molecule has 7 aromatic rings. The fourth-order valence-corrected chi connectivity index (χ4v) is 9.49. The Balaban J connectivity index is 0.000000469. The highest BCUT2D eigenvalue weighted by atomic mass is 19.2. The fraction of sp³-hybridized carbons (Fsp3) is 0.222. The number of aliphatic carboxylic acids is 4. The molecular formula is C72H52F20N6O25. The van der Waals surface area contributed by atoms with Gasteiger partial charge in [0.2, 0.25) is 105 Å². The van der Waals surface area contributed by atoms with Gasteiger partial charge in [-0.2, -0.15) is 43.9 Å². The largest absolute Gasteiger partial charge is 0.503 e. The van der Waals surface area contributed by atoms with Gasteiger partial charge in [0.15, 0.2) is 63.9 Å². The zero-order valence-electron chi connectivity index (χ0n) is 61.0. The summed E-state index contributed by atoms with van der Waals surface area (Å²) in [6, 6.07) is 10.0. The molecule has 7 aromatic carbocycles. The quantitative estimate of drug-likeness (QED) is 0.00861. The van der Waals surface area contributed by atoms with Crippen LogP contribution >= 0.6 is 0 Å².